The fraction of sp³-hybridized carbons (Fsp3) is 0.222. The summed E-state index contributed by atoms with van der Waals surface area (Å²) in [6.07, 6.45) is 1.80. The number of hydrogen-bond acceptors (Lipinski definition) is 3. The predicted octanol–water partition coefficient (Wildman–Crippen LogP) is 1.16. The Morgan fingerprint density at radius 2 is 2.25 bits per heavy atom. The Labute approximate surface area is 71.0 Å². The third-order valence-electron chi connectivity index (χ3n) is 1.93. The normalized spacial score (nSPS) is 14.6. The molecule has 0 atom stereocenters. The van der Waals surface area contributed by atoms with Gasteiger partial charge in [0.2, 0.25) is 0 Å². The van der Waals surface area contributed by atoms with Crippen LogP contribution in [0, 0.1) is 0 Å². The molecule has 0 radical (unpaired) electrons. The number of benzene rings is 1. The number of para-hydroxylation sites is 2. The minimum atomic E-state index is 0.0447. The van der Waals surface area contributed by atoms with Gasteiger partial charge < -0.3 is 10.0 Å². The van der Waals surface area contributed by atoms with Crippen molar-refractivity contribution in [1.82, 2.24) is 0 Å². The van der Waals surface area contributed by atoms with Crippen LogP contribution in [-0.2, 0) is 0 Å². The molecule has 1 aliphatic rings. The Morgan fingerprint density at radius 3 is 3.08 bits per heavy atom. The van der Waals surface area contributed by atoms with Crippen molar-refractivity contribution < 1.29 is 5.11 Å². The van der Waals surface area contributed by atoms with Crippen molar-refractivity contribution in [2.45, 2.75) is 0 Å². The van der Waals surface area contributed by atoms with Gasteiger partial charge in [0, 0.05) is 6.21 Å². The van der Waals surface area contributed by atoms with Crippen molar-refractivity contribution in [3.05, 3.63) is 24.3 Å². The van der Waals surface area contributed by atoms with Crippen LogP contribution in [-0.4, -0.2) is 24.6 Å². The molecule has 2 rings (SSSR count). The molecule has 0 saturated heterocycles. The zero-order valence-electron chi connectivity index (χ0n) is 6.64. The highest BCUT2D eigenvalue weighted by Gasteiger charge is 2.10. The van der Waals surface area contributed by atoms with E-state index in [0.717, 1.165) is 11.4 Å². The van der Waals surface area contributed by atoms with Gasteiger partial charge in [-0.25, -0.2) is 0 Å². The summed E-state index contributed by atoms with van der Waals surface area (Å²) in [4.78, 5) is 6.08. The van der Waals surface area contributed by atoms with E-state index in [1.54, 1.807) is 6.21 Å². The van der Waals surface area contributed by atoms with Gasteiger partial charge in [-0.1, -0.05) is 12.1 Å². The van der Waals surface area contributed by atoms with Crippen LogP contribution in [0.2, 0.25) is 0 Å². The first-order valence-electron chi connectivity index (χ1n) is 3.89. The molecule has 1 N–H and O–H groups in total. The molecular formula is C9H10N2O. The van der Waals surface area contributed by atoms with E-state index in [1.165, 1.54) is 0 Å². The van der Waals surface area contributed by atoms with Gasteiger partial charge in [-0.05, 0) is 12.1 Å². The second-order valence-electron chi connectivity index (χ2n) is 2.66. The van der Waals surface area contributed by atoms with Gasteiger partial charge in [-0.2, -0.15) is 0 Å². The molecule has 62 valence electrons. The molecule has 0 fully saturated rings. The van der Waals surface area contributed by atoms with Crippen LogP contribution in [0.1, 0.15) is 0 Å². The summed E-state index contributed by atoms with van der Waals surface area (Å²) in [7, 11) is 0. The molecule has 1 aromatic rings. The molecule has 12 heavy (non-hydrogen) atoms. The van der Waals surface area contributed by atoms with Crippen molar-refractivity contribution in [1.29, 1.82) is 0 Å². The first kappa shape index (κ1) is 7.31. The Morgan fingerprint density at radius 1 is 1.42 bits per heavy atom. The van der Waals surface area contributed by atoms with Crippen LogP contribution >= 0.6 is 0 Å². The summed E-state index contributed by atoms with van der Waals surface area (Å²) < 4.78 is 0. The SMILES string of the molecule is OCN1CC=Nc2ccccc21. The summed E-state index contributed by atoms with van der Waals surface area (Å²) in [5.74, 6) is 0. The van der Waals surface area contributed by atoms with Crippen LogP contribution in [0.4, 0.5) is 11.4 Å². The van der Waals surface area contributed by atoms with Gasteiger partial charge in [0.25, 0.3) is 0 Å². The third kappa shape index (κ3) is 1.08. The Kier molecular flexibility index (Phi) is 1.80. The third-order valence-corrected chi connectivity index (χ3v) is 1.93. The second kappa shape index (κ2) is 2.95. The molecule has 1 aliphatic heterocycles. The molecule has 3 heteroatoms. The molecular weight excluding hydrogens is 152 g/mol. The molecule has 0 saturated carbocycles. The maximum atomic E-state index is 9.00. The van der Waals surface area contributed by atoms with Crippen LogP contribution < -0.4 is 4.90 Å². The average molecular weight is 162 g/mol. The lowest BCUT2D eigenvalue weighted by Crippen LogP contribution is -2.28. The van der Waals surface area contributed by atoms with Crippen molar-refractivity contribution in [3.63, 3.8) is 0 Å². The number of aliphatic hydroxyl groups excluding tert-OH is 1. The Bertz CT molecular complexity index is 309. The van der Waals surface area contributed by atoms with E-state index in [9.17, 15) is 0 Å². The molecule has 0 aliphatic carbocycles. The highest BCUT2D eigenvalue weighted by Crippen LogP contribution is 2.29. The lowest BCUT2D eigenvalue weighted by atomic mass is 10.2. The molecule has 0 spiro atoms. The molecule has 0 amide bonds. The highest BCUT2D eigenvalue weighted by molar-refractivity contribution is 5.81. The fourth-order valence-electron chi connectivity index (χ4n) is 1.31. The largest absolute Gasteiger partial charge is 0.376 e. The first-order chi connectivity index (χ1) is 5.92. The topological polar surface area (TPSA) is 35.8 Å². The second-order valence-corrected chi connectivity index (χ2v) is 2.66. The zero-order chi connectivity index (χ0) is 8.39. The van der Waals surface area contributed by atoms with E-state index >= 15 is 0 Å². The fourth-order valence-corrected chi connectivity index (χ4v) is 1.31. The van der Waals surface area contributed by atoms with Crippen molar-refractivity contribution in [2.24, 2.45) is 4.99 Å². The summed E-state index contributed by atoms with van der Waals surface area (Å²) in [6, 6.07) is 7.79. The van der Waals surface area contributed by atoms with E-state index in [0.29, 0.717) is 6.54 Å². The summed E-state index contributed by atoms with van der Waals surface area (Å²) in [6.45, 7) is 0.733. The summed E-state index contributed by atoms with van der Waals surface area (Å²) in [5.41, 5.74) is 1.93. The predicted molar refractivity (Wildman–Crippen MR) is 49.0 cm³/mol. The van der Waals surface area contributed by atoms with Crippen molar-refractivity contribution in [3.8, 4) is 0 Å². The quantitative estimate of drug-likeness (QED) is 0.672. The number of aliphatic imine (C=N–C) groups is 1. The van der Waals surface area contributed by atoms with Crippen LogP contribution in [0.25, 0.3) is 0 Å². The number of hydrogen-bond donors (Lipinski definition) is 1. The smallest absolute Gasteiger partial charge is 0.116 e. The van der Waals surface area contributed by atoms with Gasteiger partial charge in [0.15, 0.2) is 0 Å². The summed E-state index contributed by atoms with van der Waals surface area (Å²) >= 11 is 0. The number of rotatable bonds is 1. The monoisotopic (exact) mass is 162 g/mol. The van der Waals surface area contributed by atoms with E-state index in [2.05, 4.69) is 4.99 Å². The minimum Gasteiger partial charge on any atom is -0.376 e. The molecule has 0 bridgehead atoms. The highest BCUT2D eigenvalue weighted by atomic mass is 16.3. The van der Waals surface area contributed by atoms with Crippen molar-refractivity contribution in [2.75, 3.05) is 18.2 Å². The molecule has 1 heterocycles. The van der Waals surface area contributed by atoms with E-state index in [4.69, 9.17) is 5.11 Å². The van der Waals surface area contributed by atoms with Crippen LogP contribution in [0.5, 0.6) is 0 Å². The van der Waals surface area contributed by atoms with Gasteiger partial charge in [-0.15, -0.1) is 0 Å². The molecule has 0 unspecified atom stereocenters. The lowest BCUT2D eigenvalue weighted by Gasteiger charge is -2.24. The maximum absolute atomic E-state index is 9.00. The average Bonchev–Trinajstić information content (AvgIpc) is 2.17. The van der Waals surface area contributed by atoms with Gasteiger partial charge in [0.1, 0.15) is 6.73 Å². The number of fused-ring (bicyclic) bond motifs is 1. The van der Waals surface area contributed by atoms with Crippen LogP contribution in [0.15, 0.2) is 29.3 Å². The van der Waals surface area contributed by atoms with Gasteiger partial charge >= 0.3 is 0 Å². The minimum absolute atomic E-state index is 0.0447. The number of aliphatic hydroxyl groups is 1. The lowest BCUT2D eigenvalue weighted by molar-refractivity contribution is 0.296. The van der Waals surface area contributed by atoms with E-state index in [-0.39, 0.29) is 6.73 Å². The van der Waals surface area contributed by atoms with E-state index in [1.807, 2.05) is 29.2 Å². The van der Waals surface area contributed by atoms with Crippen LogP contribution in [0.3, 0.4) is 0 Å². The molecule has 3 nitrogen and oxygen atoms in total. The number of nitrogens with zero attached hydrogens (tertiary/aromatic N) is 2. The Balaban J connectivity index is 2.45. The maximum Gasteiger partial charge on any atom is 0.116 e. The van der Waals surface area contributed by atoms with Gasteiger partial charge in [-0.3, -0.25) is 4.99 Å². The summed E-state index contributed by atoms with van der Waals surface area (Å²) in [5, 5.41) is 9.00. The molecule has 0 aromatic heterocycles. The number of anilines is 1. The van der Waals surface area contributed by atoms with E-state index < -0.39 is 0 Å². The van der Waals surface area contributed by atoms with Crippen molar-refractivity contribution >= 4 is 17.6 Å². The standard InChI is InChI=1S/C9H10N2O/c12-7-11-6-5-10-8-3-1-2-4-9(8)11/h1-5,12H,6-7H2. The Hall–Kier alpha value is -1.35. The molecule has 1 aromatic carbocycles. The zero-order valence-corrected chi connectivity index (χ0v) is 6.64. The first-order valence-corrected chi connectivity index (χ1v) is 3.89. The van der Waals surface area contributed by atoms with Gasteiger partial charge in [0.05, 0.1) is 17.9 Å².